The maximum absolute atomic E-state index is 13.0. The van der Waals surface area contributed by atoms with Gasteiger partial charge in [-0.3, -0.25) is 4.79 Å². The smallest absolute Gasteiger partial charge is 0.237 e. The number of benzene rings is 3. The van der Waals surface area contributed by atoms with Crippen LogP contribution in [0.3, 0.4) is 0 Å². The van der Waals surface area contributed by atoms with E-state index in [2.05, 4.69) is 16.3 Å². The van der Waals surface area contributed by atoms with Crippen LogP contribution in [-0.4, -0.2) is 33.4 Å². The zero-order chi connectivity index (χ0) is 21.8. The maximum Gasteiger partial charge on any atom is 0.237 e. The summed E-state index contributed by atoms with van der Waals surface area (Å²) in [5.41, 5.74) is 5.69. The van der Waals surface area contributed by atoms with Gasteiger partial charge in [-0.2, -0.15) is 0 Å². The third-order valence-corrected chi connectivity index (χ3v) is 6.32. The lowest BCUT2D eigenvalue weighted by Gasteiger charge is -2.29. The first-order valence-corrected chi connectivity index (χ1v) is 11.6. The number of rotatable bonds is 5. The lowest BCUT2D eigenvalue weighted by Crippen LogP contribution is -2.36. The van der Waals surface area contributed by atoms with E-state index in [-0.39, 0.29) is 11.7 Å². The first kappa shape index (κ1) is 20.4. The Morgan fingerprint density at radius 1 is 0.812 bits per heavy atom. The molecule has 3 aromatic carbocycles. The summed E-state index contributed by atoms with van der Waals surface area (Å²) in [6.45, 7) is 0.748. The highest BCUT2D eigenvalue weighted by Gasteiger charge is 2.23. The summed E-state index contributed by atoms with van der Waals surface area (Å²) in [6.07, 6.45) is 2.00. The van der Waals surface area contributed by atoms with Crippen molar-refractivity contribution in [3.05, 3.63) is 90.5 Å². The molecule has 1 aromatic heterocycles. The van der Waals surface area contributed by atoms with Crippen molar-refractivity contribution in [1.29, 1.82) is 0 Å². The number of hydrogen-bond acceptors (Lipinski definition) is 5. The van der Waals surface area contributed by atoms with Crippen LogP contribution in [0.4, 0.5) is 5.69 Å². The van der Waals surface area contributed by atoms with E-state index in [9.17, 15) is 4.79 Å². The molecule has 4 aromatic rings. The Morgan fingerprint density at radius 3 is 2.22 bits per heavy atom. The monoisotopic (exact) mass is 438 g/mol. The normalized spacial score (nSPS) is 12.9. The second kappa shape index (κ2) is 9.32. The van der Waals surface area contributed by atoms with Gasteiger partial charge in [-0.15, -0.1) is 10.2 Å². The Balaban J connectivity index is 1.40. The highest BCUT2D eigenvalue weighted by atomic mass is 32.2. The van der Waals surface area contributed by atoms with Gasteiger partial charge in [-0.1, -0.05) is 90.6 Å². The Morgan fingerprint density at radius 2 is 1.47 bits per heavy atom. The molecule has 5 nitrogen and oxygen atoms in total. The molecule has 0 saturated heterocycles. The molecule has 6 heteroatoms. The minimum absolute atomic E-state index is 0.0687. The number of nitrogens with zero attached hydrogens (tertiary/aromatic N) is 4. The number of para-hydroxylation sites is 1. The van der Waals surface area contributed by atoms with Gasteiger partial charge in [0.25, 0.3) is 0 Å². The largest absolute Gasteiger partial charge is 0.311 e. The molecule has 5 rings (SSSR count). The summed E-state index contributed by atoms with van der Waals surface area (Å²) >= 11 is 1.33. The van der Waals surface area contributed by atoms with E-state index >= 15 is 0 Å². The maximum atomic E-state index is 13.0. The molecule has 1 amide bonds. The van der Waals surface area contributed by atoms with E-state index in [1.165, 1.54) is 17.3 Å². The van der Waals surface area contributed by atoms with Crippen LogP contribution < -0.4 is 4.90 Å². The third-order valence-electron chi connectivity index (χ3n) is 5.50. The molecule has 0 N–H and O–H groups in total. The van der Waals surface area contributed by atoms with Crippen LogP contribution in [0.15, 0.2) is 90.1 Å². The summed E-state index contributed by atoms with van der Waals surface area (Å²) in [5, 5.41) is 9.33. The third kappa shape index (κ3) is 4.27. The van der Waals surface area contributed by atoms with Gasteiger partial charge in [0.2, 0.25) is 11.1 Å². The summed E-state index contributed by atoms with van der Waals surface area (Å²) in [5.74, 6) is 0.341. The number of hydrogen-bond donors (Lipinski definition) is 0. The summed E-state index contributed by atoms with van der Waals surface area (Å²) < 4.78 is 0. The van der Waals surface area contributed by atoms with Crippen LogP contribution in [0.5, 0.6) is 0 Å². The Hall–Kier alpha value is -3.51. The van der Waals surface area contributed by atoms with Crippen LogP contribution in [0.1, 0.15) is 12.0 Å². The summed E-state index contributed by atoms with van der Waals surface area (Å²) in [7, 11) is 0. The number of carbonyl (C=O) groups is 1. The van der Waals surface area contributed by atoms with Gasteiger partial charge in [0, 0.05) is 23.4 Å². The van der Waals surface area contributed by atoms with Crippen molar-refractivity contribution in [1.82, 2.24) is 15.2 Å². The van der Waals surface area contributed by atoms with Gasteiger partial charge in [0.15, 0.2) is 0 Å². The SMILES string of the molecule is O=C(CSc1nnc(-c2ccccc2)c(-c2ccccc2)n1)N1CCCc2ccccc21. The molecular formula is C26H22N4OS. The molecule has 0 atom stereocenters. The Bertz CT molecular complexity index is 1230. The molecule has 0 unspecified atom stereocenters. The van der Waals surface area contributed by atoms with Crippen molar-refractivity contribution in [3.63, 3.8) is 0 Å². The fourth-order valence-electron chi connectivity index (χ4n) is 3.96. The quantitative estimate of drug-likeness (QED) is 0.397. The van der Waals surface area contributed by atoms with Crippen molar-refractivity contribution < 1.29 is 4.79 Å². The molecule has 0 saturated carbocycles. The second-order valence-corrected chi connectivity index (χ2v) is 8.53. The van der Waals surface area contributed by atoms with Gasteiger partial charge in [0.05, 0.1) is 5.75 Å². The predicted octanol–water partition coefficient (Wildman–Crippen LogP) is 5.28. The van der Waals surface area contributed by atoms with E-state index in [0.29, 0.717) is 5.16 Å². The van der Waals surface area contributed by atoms with Gasteiger partial charge >= 0.3 is 0 Å². The highest BCUT2D eigenvalue weighted by molar-refractivity contribution is 7.99. The van der Waals surface area contributed by atoms with Gasteiger partial charge in [0.1, 0.15) is 11.4 Å². The Labute approximate surface area is 191 Å². The first-order chi connectivity index (χ1) is 15.8. The minimum atomic E-state index is 0.0687. The molecule has 0 aliphatic carbocycles. The van der Waals surface area contributed by atoms with E-state index in [0.717, 1.165) is 47.6 Å². The van der Waals surface area contributed by atoms with Crippen molar-refractivity contribution in [2.24, 2.45) is 0 Å². The molecule has 32 heavy (non-hydrogen) atoms. The van der Waals surface area contributed by atoms with Gasteiger partial charge in [-0.05, 0) is 24.5 Å². The van der Waals surface area contributed by atoms with Gasteiger partial charge in [-0.25, -0.2) is 4.98 Å². The zero-order valence-corrected chi connectivity index (χ0v) is 18.3. The van der Waals surface area contributed by atoms with Crippen molar-refractivity contribution >= 4 is 23.4 Å². The number of carbonyl (C=O) groups excluding carboxylic acids is 1. The van der Waals surface area contributed by atoms with Crippen LogP contribution in [-0.2, 0) is 11.2 Å². The van der Waals surface area contributed by atoms with Crippen molar-refractivity contribution in [2.45, 2.75) is 18.0 Å². The van der Waals surface area contributed by atoms with E-state index in [1.54, 1.807) is 0 Å². The predicted molar refractivity (Wildman–Crippen MR) is 129 cm³/mol. The van der Waals surface area contributed by atoms with Crippen molar-refractivity contribution in [2.75, 3.05) is 17.2 Å². The average Bonchev–Trinajstić information content (AvgIpc) is 2.88. The number of aromatic nitrogens is 3. The molecule has 2 heterocycles. The van der Waals surface area contributed by atoms with Crippen LogP contribution in [0.25, 0.3) is 22.5 Å². The average molecular weight is 439 g/mol. The fraction of sp³-hybridized carbons (Fsp3) is 0.154. The second-order valence-electron chi connectivity index (χ2n) is 7.59. The number of aryl methyl sites for hydroxylation is 1. The van der Waals surface area contributed by atoms with Gasteiger partial charge < -0.3 is 4.90 Å². The number of anilines is 1. The molecule has 158 valence electrons. The topological polar surface area (TPSA) is 59.0 Å². The Kier molecular flexibility index (Phi) is 5.94. The molecule has 0 spiro atoms. The van der Waals surface area contributed by atoms with Crippen LogP contribution >= 0.6 is 11.8 Å². The minimum Gasteiger partial charge on any atom is -0.311 e. The molecular weight excluding hydrogens is 416 g/mol. The summed E-state index contributed by atoms with van der Waals surface area (Å²) in [6, 6.07) is 28.0. The van der Waals surface area contributed by atoms with E-state index in [1.807, 2.05) is 83.8 Å². The fourth-order valence-corrected chi connectivity index (χ4v) is 4.62. The molecule has 0 radical (unpaired) electrons. The number of amides is 1. The standard InChI is InChI=1S/C26H22N4OS/c31-23(30-17-9-15-19-10-7-8-16-22(19)30)18-32-26-27-24(20-11-3-1-4-12-20)25(28-29-26)21-13-5-2-6-14-21/h1-8,10-14,16H,9,15,17-18H2. The van der Waals surface area contributed by atoms with E-state index in [4.69, 9.17) is 4.98 Å². The molecule has 1 aliphatic heterocycles. The number of fused-ring (bicyclic) bond motifs is 1. The molecule has 0 bridgehead atoms. The lowest BCUT2D eigenvalue weighted by atomic mass is 10.0. The lowest BCUT2D eigenvalue weighted by molar-refractivity contribution is -0.116. The zero-order valence-electron chi connectivity index (χ0n) is 17.5. The number of thioether (sulfide) groups is 1. The van der Waals surface area contributed by atoms with Crippen LogP contribution in [0, 0.1) is 0 Å². The molecule has 1 aliphatic rings. The van der Waals surface area contributed by atoms with E-state index < -0.39 is 0 Å². The van der Waals surface area contributed by atoms with Crippen molar-refractivity contribution in [3.8, 4) is 22.5 Å². The first-order valence-electron chi connectivity index (χ1n) is 10.7. The van der Waals surface area contributed by atoms with Crippen LogP contribution in [0.2, 0.25) is 0 Å². The summed E-state index contributed by atoms with van der Waals surface area (Å²) in [4.78, 5) is 19.7. The highest BCUT2D eigenvalue weighted by Crippen LogP contribution is 2.31. The molecule has 0 fully saturated rings.